The van der Waals surface area contributed by atoms with Gasteiger partial charge < -0.3 is 0 Å². The van der Waals surface area contributed by atoms with E-state index in [1.165, 1.54) is 0 Å². The van der Waals surface area contributed by atoms with Gasteiger partial charge in [-0.3, -0.25) is 0 Å². The van der Waals surface area contributed by atoms with Gasteiger partial charge in [-0.25, -0.2) is 14.4 Å². The van der Waals surface area contributed by atoms with Gasteiger partial charge in [0.05, 0.1) is 0 Å². The van der Waals surface area contributed by atoms with Gasteiger partial charge in [-0.2, -0.15) is 14.0 Å². The molecule has 0 N–H and O–H groups in total. The largest absolute Gasteiger partial charge is 0.573 e. The molecule has 0 bridgehead atoms. The first kappa shape index (κ1) is 9.65. The molecule has 8 heteroatoms. The molecule has 0 aliphatic carbocycles. The molecule has 0 aromatic carbocycles. The number of halogens is 1. The Balaban J connectivity index is 4.94. The summed E-state index contributed by atoms with van der Waals surface area (Å²) < 4.78 is 8.63. The predicted molar refractivity (Wildman–Crippen MR) is 36.0 cm³/mol. The molecular formula is C3ClN3O3Si. The van der Waals surface area contributed by atoms with Crippen molar-refractivity contribution in [2.45, 2.75) is 0 Å². The highest BCUT2D eigenvalue weighted by molar-refractivity contribution is 7.18. The SMILES string of the molecule is O=C=N[Si](Cl)(N=C=O)N=C=O. The second-order valence-electron chi connectivity index (χ2n) is 1.16. The average molecular weight is 190 g/mol. The Kier molecular flexibility index (Phi) is 3.91. The highest BCUT2D eigenvalue weighted by atomic mass is 35.6. The summed E-state index contributed by atoms with van der Waals surface area (Å²) >= 11 is 5.29. The average Bonchev–Trinajstić information content (AvgIpc) is 1.88. The lowest BCUT2D eigenvalue weighted by atomic mass is 11.7. The first-order chi connectivity index (χ1) is 5.18. The minimum Gasteiger partial charge on any atom is -0.212 e. The van der Waals surface area contributed by atoms with Crippen molar-refractivity contribution in [3.63, 3.8) is 0 Å². The molecule has 0 aliphatic rings. The van der Waals surface area contributed by atoms with E-state index < -0.39 is 7.87 Å². The van der Waals surface area contributed by atoms with E-state index >= 15 is 0 Å². The van der Waals surface area contributed by atoms with E-state index in [-0.39, 0.29) is 0 Å². The molecule has 0 atom stereocenters. The maximum Gasteiger partial charge on any atom is 0.573 e. The summed E-state index contributed by atoms with van der Waals surface area (Å²) in [6, 6.07) is 0. The second-order valence-corrected chi connectivity index (χ2v) is 4.46. The molecule has 0 heterocycles. The van der Waals surface area contributed by atoms with Crippen LogP contribution in [0.5, 0.6) is 0 Å². The molecular weight excluding hydrogens is 190 g/mol. The Bertz CT molecular complexity index is 241. The molecule has 0 fully saturated rings. The van der Waals surface area contributed by atoms with Gasteiger partial charge in [-0.15, -0.1) is 0 Å². The summed E-state index contributed by atoms with van der Waals surface area (Å²) in [7, 11) is -3.67. The third kappa shape index (κ3) is 3.37. The summed E-state index contributed by atoms with van der Waals surface area (Å²) in [5.41, 5.74) is 0. The fourth-order valence-electron chi connectivity index (χ4n) is 0.249. The van der Waals surface area contributed by atoms with E-state index in [0.717, 1.165) is 18.2 Å². The van der Waals surface area contributed by atoms with Crippen LogP contribution in [0.4, 0.5) is 0 Å². The van der Waals surface area contributed by atoms with Crippen molar-refractivity contribution in [1.29, 1.82) is 0 Å². The fraction of sp³-hybridized carbons (Fsp3) is 0. The van der Waals surface area contributed by atoms with Crippen molar-refractivity contribution < 1.29 is 14.4 Å². The van der Waals surface area contributed by atoms with E-state index in [1.807, 2.05) is 0 Å². The zero-order valence-electron chi connectivity index (χ0n) is 4.94. The van der Waals surface area contributed by atoms with Crippen LogP contribution in [-0.4, -0.2) is 26.1 Å². The number of nitrogens with zero attached hydrogens (tertiary/aromatic N) is 3. The molecule has 0 rings (SSSR count). The summed E-state index contributed by atoms with van der Waals surface area (Å²) in [5.74, 6) is 0. The molecule has 11 heavy (non-hydrogen) atoms. The number of rotatable bonds is 3. The van der Waals surface area contributed by atoms with Crippen molar-refractivity contribution in [3.05, 3.63) is 0 Å². The lowest BCUT2D eigenvalue weighted by Gasteiger charge is -1.95. The molecule has 0 amide bonds. The minimum atomic E-state index is -3.67. The number of carbonyl (C=O) groups excluding carboxylic acids is 3. The Morgan fingerprint density at radius 1 is 0.909 bits per heavy atom. The van der Waals surface area contributed by atoms with Crippen LogP contribution in [0.25, 0.3) is 0 Å². The molecule has 0 aromatic rings. The zero-order valence-corrected chi connectivity index (χ0v) is 6.70. The van der Waals surface area contributed by atoms with Crippen molar-refractivity contribution in [2.24, 2.45) is 14.0 Å². The minimum absolute atomic E-state index is 1.04. The van der Waals surface area contributed by atoms with Gasteiger partial charge >= 0.3 is 7.87 Å². The van der Waals surface area contributed by atoms with Gasteiger partial charge in [0.15, 0.2) is 0 Å². The molecule has 0 aromatic heterocycles. The standard InChI is InChI=1S/C3ClN3O3Si/c4-11(5-1-8,6-2-9)7-3-10. The molecule has 56 valence electrons. The van der Waals surface area contributed by atoms with E-state index in [2.05, 4.69) is 14.0 Å². The topological polar surface area (TPSA) is 88.3 Å². The van der Waals surface area contributed by atoms with E-state index in [1.54, 1.807) is 0 Å². The number of hydrogen-bond acceptors (Lipinski definition) is 6. The van der Waals surface area contributed by atoms with Gasteiger partial charge in [-0.05, 0) is 0 Å². The summed E-state index contributed by atoms with van der Waals surface area (Å²) in [5, 5.41) is 0. The van der Waals surface area contributed by atoms with E-state index in [0.29, 0.717) is 0 Å². The highest BCUT2D eigenvalue weighted by Crippen LogP contribution is 2.11. The molecule has 0 saturated heterocycles. The summed E-state index contributed by atoms with van der Waals surface area (Å²) in [6.45, 7) is 0. The third-order valence-corrected chi connectivity index (χ3v) is 2.45. The van der Waals surface area contributed by atoms with Gasteiger partial charge in [-0.1, -0.05) is 11.1 Å². The van der Waals surface area contributed by atoms with Gasteiger partial charge in [0, 0.05) is 0 Å². The molecule has 0 saturated carbocycles. The van der Waals surface area contributed by atoms with Gasteiger partial charge in [0.1, 0.15) is 0 Å². The smallest absolute Gasteiger partial charge is 0.212 e. The van der Waals surface area contributed by atoms with Crippen LogP contribution in [0.2, 0.25) is 0 Å². The predicted octanol–water partition coefficient (Wildman–Crippen LogP) is -0.332. The highest BCUT2D eigenvalue weighted by Gasteiger charge is 2.33. The van der Waals surface area contributed by atoms with Crippen molar-refractivity contribution in [2.75, 3.05) is 0 Å². The van der Waals surface area contributed by atoms with Crippen LogP contribution in [0.15, 0.2) is 14.0 Å². The third-order valence-electron chi connectivity index (χ3n) is 0.564. The van der Waals surface area contributed by atoms with Crippen molar-refractivity contribution in [3.8, 4) is 0 Å². The van der Waals surface area contributed by atoms with Crippen LogP contribution in [0, 0.1) is 0 Å². The van der Waals surface area contributed by atoms with Crippen LogP contribution in [0.1, 0.15) is 0 Å². The molecule has 0 radical (unpaired) electrons. The Labute approximate surface area is 66.3 Å². The molecule has 0 unspecified atom stereocenters. The van der Waals surface area contributed by atoms with Crippen LogP contribution < -0.4 is 0 Å². The second kappa shape index (κ2) is 4.46. The Hall–Kier alpha value is -1.35. The molecule has 0 aliphatic heterocycles. The normalized spacial score (nSPS) is 12.8. The monoisotopic (exact) mass is 189 g/mol. The van der Waals surface area contributed by atoms with Crippen LogP contribution in [-0.2, 0) is 14.4 Å². The van der Waals surface area contributed by atoms with Crippen molar-refractivity contribution in [1.82, 2.24) is 0 Å². The van der Waals surface area contributed by atoms with E-state index in [4.69, 9.17) is 11.1 Å². The first-order valence-corrected chi connectivity index (χ1v) is 5.00. The summed E-state index contributed by atoms with van der Waals surface area (Å²) in [6.07, 6.45) is 3.11. The van der Waals surface area contributed by atoms with Crippen LogP contribution >= 0.6 is 11.1 Å². The van der Waals surface area contributed by atoms with Crippen molar-refractivity contribution >= 4 is 37.2 Å². The van der Waals surface area contributed by atoms with E-state index in [9.17, 15) is 14.4 Å². The maximum atomic E-state index is 9.65. The molecule has 0 spiro atoms. The lowest BCUT2D eigenvalue weighted by molar-refractivity contribution is 0.565. The van der Waals surface area contributed by atoms with Crippen LogP contribution in [0.3, 0.4) is 0 Å². The quantitative estimate of drug-likeness (QED) is 0.264. The fourth-order valence-corrected chi connectivity index (χ4v) is 1.06. The zero-order chi connectivity index (χ0) is 8.74. The molecule has 6 nitrogen and oxygen atoms in total. The van der Waals surface area contributed by atoms with Gasteiger partial charge in [0.2, 0.25) is 18.2 Å². The number of isocyanates is 3. The maximum absolute atomic E-state index is 9.65. The Morgan fingerprint density at radius 2 is 1.18 bits per heavy atom. The number of hydrogen-bond donors (Lipinski definition) is 0. The lowest BCUT2D eigenvalue weighted by Crippen LogP contribution is -2.18. The first-order valence-electron chi connectivity index (χ1n) is 2.14. The van der Waals surface area contributed by atoms with Gasteiger partial charge in [0.25, 0.3) is 0 Å². The Morgan fingerprint density at radius 3 is 1.36 bits per heavy atom. The summed E-state index contributed by atoms with van der Waals surface area (Å²) in [4.78, 5) is 28.9.